The maximum atomic E-state index is 13.2. The quantitative estimate of drug-likeness (QED) is 0.464. The van der Waals surface area contributed by atoms with Gasteiger partial charge in [0.25, 0.3) is 5.91 Å². The van der Waals surface area contributed by atoms with Crippen molar-refractivity contribution >= 4 is 28.6 Å². The Kier molecular flexibility index (Phi) is 7.28. The van der Waals surface area contributed by atoms with Crippen LogP contribution in [0.5, 0.6) is 0 Å². The zero-order valence-corrected chi connectivity index (χ0v) is 19.2. The van der Waals surface area contributed by atoms with Gasteiger partial charge in [0.1, 0.15) is 5.82 Å². The van der Waals surface area contributed by atoms with Gasteiger partial charge in [-0.1, -0.05) is 24.1 Å². The number of rotatable bonds is 8. The van der Waals surface area contributed by atoms with Crippen molar-refractivity contribution in [3.8, 4) is 11.8 Å². The van der Waals surface area contributed by atoms with E-state index in [-0.39, 0.29) is 18.5 Å². The molecule has 0 spiro atoms. The number of benzene rings is 1. The van der Waals surface area contributed by atoms with E-state index in [0.29, 0.717) is 36.4 Å². The average molecular weight is 435 g/mol. The average Bonchev–Trinajstić information content (AvgIpc) is 3.14. The molecule has 0 fully saturated rings. The lowest BCUT2D eigenvalue weighted by Gasteiger charge is -2.21. The van der Waals surface area contributed by atoms with Gasteiger partial charge >= 0.3 is 0 Å². The number of hydrogen-bond donors (Lipinski definition) is 3. The number of anilines is 2. The second kappa shape index (κ2) is 10.1. The maximum absolute atomic E-state index is 13.2. The zero-order chi connectivity index (χ0) is 23.3. The number of carbonyl (C=O) groups is 1. The molecule has 1 atom stereocenters. The Hall–Kier alpha value is -3.64. The molecule has 0 saturated heterocycles. The highest BCUT2D eigenvalue weighted by Gasteiger charge is 2.24. The Morgan fingerprint density at radius 1 is 1.28 bits per heavy atom. The van der Waals surface area contributed by atoms with Crippen molar-refractivity contribution in [1.29, 1.82) is 0 Å². The number of carbonyl (C=O) groups excluding carboxylic acids is 1. The predicted molar refractivity (Wildman–Crippen MR) is 128 cm³/mol. The monoisotopic (exact) mass is 434 g/mol. The Labute approximate surface area is 188 Å². The minimum absolute atomic E-state index is 0.0500. The number of nitrogens with one attached hydrogen (secondary N) is 2. The van der Waals surface area contributed by atoms with Crippen LogP contribution < -0.4 is 21.3 Å². The van der Waals surface area contributed by atoms with Crippen LogP contribution in [0.25, 0.3) is 10.9 Å². The van der Waals surface area contributed by atoms with Crippen molar-refractivity contribution in [3.05, 3.63) is 41.5 Å². The molecule has 168 valence electrons. The van der Waals surface area contributed by atoms with Crippen LogP contribution >= 0.6 is 0 Å². The summed E-state index contributed by atoms with van der Waals surface area (Å²) in [4.78, 5) is 28.9. The van der Waals surface area contributed by atoms with Crippen molar-refractivity contribution in [3.63, 3.8) is 0 Å². The summed E-state index contributed by atoms with van der Waals surface area (Å²) in [6.07, 6.45) is 0. The van der Waals surface area contributed by atoms with E-state index in [4.69, 9.17) is 5.73 Å². The van der Waals surface area contributed by atoms with Gasteiger partial charge in [0, 0.05) is 37.8 Å². The molecule has 0 radical (unpaired) electrons. The molecule has 9 nitrogen and oxygen atoms in total. The third-order valence-electron chi connectivity index (χ3n) is 4.96. The molecule has 2 aromatic heterocycles. The first-order valence-electron chi connectivity index (χ1n) is 10.5. The van der Waals surface area contributed by atoms with Gasteiger partial charge in [-0.25, -0.2) is 9.97 Å². The van der Waals surface area contributed by atoms with Gasteiger partial charge in [0.05, 0.1) is 18.6 Å². The predicted octanol–water partition coefficient (Wildman–Crippen LogP) is 1.91. The van der Waals surface area contributed by atoms with Crippen LogP contribution in [-0.2, 0) is 13.1 Å². The molecular weight excluding hydrogens is 404 g/mol. The smallest absolute Gasteiger partial charge is 0.272 e. The molecule has 0 aliphatic carbocycles. The highest BCUT2D eigenvalue weighted by atomic mass is 16.2. The molecule has 1 amide bonds. The topological polar surface area (TPSA) is 114 Å². The Bertz CT molecular complexity index is 1170. The van der Waals surface area contributed by atoms with E-state index in [1.165, 1.54) is 0 Å². The van der Waals surface area contributed by atoms with Gasteiger partial charge in [-0.15, -0.1) is 5.92 Å². The molecule has 2 heterocycles. The van der Waals surface area contributed by atoms with Crippen molar-refractivity contribution in [2.24, 2.45) is 5.73 Å². The van der Waals surface area contributed by atoms with Crippen molar-refractivity contribution < 1.29 is 4.79 Å². The van der Waals surface area contributed by atoms with Crippen LogP contribution in [0.3, 0.4) is 0 Å². The Morgan fingerprint density at radius 2 is 2.03 bits per heavy atom. The number of aromatic nitrogens is 4. The number of nitrogens with zero attached hydrogens (tertiary/aromatic N) is 5. The van der Waals surface area contributed by atoms with Gasteiger partial charge in [-0.2, -0.15) is 4.98 Å². The van der Waals surface area contributed by atoms with Crippen LogP contribution in [0.1, 0.15) is 35.9 Å². The number of likely N-dealkylation sites (N-methyl/N-ethyl adjacent to an activating group) is 1. The van der Waals surface area contributed by atoms with Crippen molar-refractivity contribution in [1.82, 2.24) is 24.8 Å². The third kappa shape index (κ3) is 4.98. The number of fused-ring (bicyclic) bond motifs is 1. The van der Waals surface area contributed by atoms with E-state index in [2.05, 4.69) is 37.4 Å². The van der Waals surface area contributed by atoms with Gasteiger partial charge < -0.3 is 21.3 Å². The zero-order valence-electron chi connectivity index (χ0n) is 19.2. The summed E-state index contributed by atoms with van der Waals surface area (Å²) < 4.78 is 1.80. The van der Waals surface area contributed by atoms with E-state index in [9.17, 15) is 4.79 Å². The molecule has 32 heavy (non-hydrogen) atoms. The molecular formula is C23H30N8O. The Morgan fingerprint density at radius 3 is 2.72 bits per heavy atom. The van der Waals surface area contributed by atoms with Crippen LogP contribution in [-0.4, -0.2) is 52.1 Å². The highest BCUT2D eigenvalue weighted by molar-refractivity contribution is 5.98. The third-order valence-corrected chi connectivity index (χ3v) is 4.96. The molecule has 0 saturated carbocycles. The van der Waals surface area contributed by atoms with E-state index in [1.54, 1.807) is 18.5 Å². The Balaban J connectivity index is 1.90. The van der Waals surface area contributed by atoms with Crippen LogP contribution in [0.15, 0.2) is 24.3 Å². The second-order valence-corrected chi connectivity index (χ2v) is 7.65. The molecule has 0 aliphatic heterocycles. The minimum atomic E-state index is -0.283. The summed E-state index contributed by atoms with van der Waals surface area (Å²) in [6.45, 7) is 6.74. The first-order valence-corrected chi connectivity index (χ1v) is 10.5. The maximum Gasteiger partial charge on any atom is 0.272 e. The number of amides is 1. The molecule has 0 bridgehead atoms. The number of nitrogens with two attached hydrogens (primary N) is 1. The normalized spacial score (nSPS) is 11.6. The fourth-order valence-electron chi connectivity index (χ4n) is 3.58. The highest BCUT2D eigenvalue weighted by Crippen LogP contribution is 2.23. The van der Waals surface area contributed by atoms with Crippen LogP contribution in [0.4, 0.5) is 11.8 Å². The lowest BCUT2D eigenvalue weighted by atomic mass is 10.2. The van der Waals surface area contributed by atoms with E-state index in [1.807, 2.05) is 50.1 Å². The first-order chi connectivity index (χ1) is 15.3. The standard InChI is InChI=1S/C23H30N8O/c1-6-7-12-31-20(21(25-4)29-23(31)30(5)14-15(2)24)22(32)26-13-19-27-16(3)17-10-8-9-11-18(17)28-19/h8-11,15,25H,12-14,24H2,1-5H3,(H,26,32)/t15-/m0/s1. The lowest BCUT2D eigenvalue weighted by molar-refractivity contribution is 0.0942. The first kappa shape index (κ1) is 23.0. The number of hydrogen-bond acceptors (Lipinski definition) is 7. The molecule has 0 unspecified atom stereocenters. The number of imidazole rings is 1. The lowest BCUT2D eigenvalue weighted by Crippen LogP contribution is -2.35. The summed E-state index contributed by atoms with van der Waals surface area (Å²) in [6, 6.07) is 7.77. The van der Waals surface area contributed by atoms with E-state index < -0.39 is 0 Å². The summed E-state index contributed by atoms with van der Waals surface area (Å²) in [5, 5.41) is 6.96. The summed E-state index contributed by atoms with van der Waals surface area (Å²) >= 11 is 0. The van der Waals surface area contributed by atoms with Gasteiger partial charge in [0.2, 0.25) is 5.95 Å². The fourth-order valence-corrected chi connectivity index (χ4v) is 3.58. The van der Waals surface area contributed by atoms with Gasteiger partial charge in [0.15, 0.2) is 11.5 Å². The second-order valence-electron chi connectivity index (χ2n) is 7.65. The van der Waals surface area contributed by atoms with Crippen molar-refractivity contribution in [2.45, 2.75) is 39.9 Å². The largest absolute Gasteiger partial charge is 0.371 e. The van der Waals surface area contributed by atoms with Crippen molar-refractivity contribution in [2.75, 3.05) is 30.9 Å². The van der Waals surface area contributed by atoms with E-state index in [0.717, 1.165) is 16.6 Å². The van der Waals surface area contributed by atoms with E-state index >= 15 is 0 Å². The molecule has 0 aliphatic rings. The summed E-state index contributed by atoms with van der Waals surface area (Å²) in [5.74, 6) is 7.28. The molecule has 3 aromatic rings. The summed E-state index contributed by atoms with van der Waals surface area (Å²) in [7, 11) is 3.63. The van der Waals surface area contributed by atoms with Crippen LogP contribution in [0.2, 0.25) is 0 Å². The SMILES string of the molecule is CC#CCn1c(N(C)C[C@H](C)N)nc(NC)c1C(=O)NCc1nc(C)c2ccccc2n1. The summed E-state index contributed by atoms with van der Waals surface area (Å²) in [5.41, 5.74) is 8.09. The molecule has 3 rings (SSSR count). The number of para-hydroxylation sites is 1. The molecule has 1 aromatic carbocycles. The minimum Gasteiger partial charge on any atom is -0.371 e. The molecule has 9 heteroatoms. The fraction of sp³-hybridized carbons (Fsp3) is 0.391. The van der Waals surface area contributed by atoms with Crippen LogP contribution in [0, 0.1) is 18.8 Å². The van der Waals surface area contributed by atoms with Gasteiger partial charge in [-0.3, -0.25) is 9.36 Å². The number of aryl methyl sites for hydroxylation is 1. The molecule has 4 N–H and O–H groups in total. The van der Waals surface area contributed by atoms with Gasteiger partial charge in [-0.05, 0) is 26.8 Å².